The summed E-state index contributed by atoms with van der Waals surface area (Å²) < 4.78 is 2.10. The number of aromatic nitrogens is 1. The second kappa shape index (κ2) is 8.72. The number of thioether (sulfide) groups is 1. The Morgan fingerprint density at radius 1 is 1.17 bits per heavy atom. The van der Waals surface area contributed by atoms with Crippen LogP contribution in [-0.4, -0.2) is 38.8 Å². The molecule has 0 bridgehead atoms. The standard InChI is InChI=1S/C21H26N4O2S2/c1-13(2)25-20(27)17(29-21(25)28)11-15-14(3)16(12-22)19(26)23(4)18(15)24-9-7-5-6-8-10-24/h11,13H,5-10H2,1-4H3/b17-11-. The third kappa shape index (κ3) is 3.99. The van der Waals surface area contributed by atoms with Crippen LogP contribution in [0.1, 0.15) is 56.2 Å². The zero-order valence-corrected chi connectivity index (χ0v) is 19.0. The molecule has 2 aliphatic heterocycles. The Bertz CT molecular complexity index is 980. The van der Waals surface area contributed by atoms with Gasteiger partial charge in [-0.05, 0) is 45.3 Å². The molecule has 0 N–H and O–H groups in total. The summed E-state index contributed by atoms with van der Waals surface area (Å²) in [4.78, 5) is 30.1. The van der Waals surface area contributed by atoms with Gasteiger partial charge in [-0.25, -0.2) is 0 Å². The van der Waals surface area contributed by atoms with Crippen LogP contribution in [0.4, 0.5) is 5.82 Å². The molecule has 1 aromatic heterocycles. The van der Waals surface area contributed by atoms with Crippen molar-refractivity contribution < 1.29 is 4.79 Å². The summed E-state index contributed by atoms with van der Waals surface area (Å²) in [7, 11) is 1.71. The van der Waals surface area contributed by atoms with E-state index in [4.69, 9.17) is 12.2 Å². The first kappa shape index (κ1) is 21.6. The van der Waals surface area contributed by atoms with Gasteiger partial charge in [0, 0.05) is 31.7 Å². The lowest BCUT2D eigenvalue weighted by Gasteiger charge is -2.28. The van der Waals surface area contributed by atoms with E-state index < -0.39 is 0 Å². The number of carbonyl (C=O) groups excluding carboxylic acids is 1. The van der Waals surface area contributed by atoms with Crippen molar-refractivity contribution in [1.82, 2.24) is 9.47 Å². The minimum atomic E-state index is -0.295. The highest BCUT2D eigenvalue weighted by molar-refractivity contribution is 8.26. The summed E-state index contributed by atoms with van der Waals surface area (Å²) in [5, 5.41) is 9.57. The van der Waals surface area contributed by atoms with E-state index in [1.165, 1.54) is 24.6 Å². The summed E-state index contributed by atoms with van der Waals surface area (Å²) in [6.45, 7) is 7.36. The Morgan fingerprint density at radius 2 is 1.79 bits per heavy atom. The lowest BCUT2D eigenvalue weighted by molar-refractivity contribution is -0.123. The van der Waals surface area contributed by atoms with E-state index >= 15 is 0 Å². The quantitative estimate of drug-likeness (QED) is 0.540. The lowest BCUT2D eigenvalue weighted by Crippen LogP contribution is -2.35. The second-order valence-electron chi connectivity index (χ2n) is 7.76. The van der Waals surface area contributed by atoms with Crippen molar-refractivity contribution in [1.29, 1.82) is 5.26 Å². The van der Waals surface area contributed by atoms with Gasteiger partial charge in [-0.1, -0.05) is 36.8 Å². The van der Waals surface area contributed by atoms with Gasteiger partial charge >= 0.3 is 0 Å². The van der Waals surface area contributed by atoms with E-state index in [-0.39, 0.29) is 23.1 Å². The highest BCUT2D eigenvalue weighted by Crippen LogP contribution is 2.36. The summed E-state index contributed by atoms with van der Waals surface area (Å²) in [5.74, 6) is 0.659. The molecular weight excluding hydrogens is 404 g/mol. The van der Waals surface area contributed by atoms with Crippen molar-refractivity contribution in [3.63, 3.8) is 0 Å². The predicted molar refractivity (Wildman–Crippen MR) is 122 cm³/mol. The van der Waals surface area contributed by atoms with Crippen molar-refractivity contribution >= 4 is 46.1 Å². The van der Waals surface area contributed by atoms with Gasteiger partial charge in [0.25, 0.3) is 11.5 Å². The van der Waals surface area contributed by atoms with E-state index in [2.05, 4.69) is 11.0 Å². The zero-order valence-electron chi connectivity index (χ0n) is 17.3. The fourth-order valence-electron chi connectivity index (χ4n) is 3.93. The van der Waals surface area contributed by atoms with Gasteiger partial charge in [-0.15, -0.1) is 0 Å². The van der Waals surface area contributed by atoms with Gasteiger partial charge in [0.15, 0.2) is 0 Å². The van der Waals surface area contributed by atoms with E-state index in [0.717, 1.165) is 37.3 Å². The molecule has 3 rings (SSSR count). The van der Waals surface area contributed by atoms with Crippen LogP contribution in [0.15, 0.2) is 9.70 Å². The maximum Gasteiger partial charge on any atom is 0.270 e. The number of amides is 1. The molecule has 0 radical (unpaired) electrons. The Labute approximate surface area is 181 Å². The van der Waals surface area contributed by atoms with Crippen LogP contribution < -0.4 is 10.5 Å². The van der Waals surface area contributed by atoms with Gasteiger partial charge in [0.05, 0.1) is 4.91 Å². The van der Waals surface area contributed by atoms with Crippen LogP contribution in [0.5, 0.6) is 0 Å². The molecule has 0 atom stereocenters. The van der Waals surface area contributed by atoms with Crippen LogP contribution in [0, 0.1) is 18.3 Å². The van der Waals surface area contributed by atoms with E-state index in [1.54, 1.807) is 23.4 Å². The monoisotopic (exact) mass is 430 g/mol. The van der Waals surface area contributed by atoms with Gasteiger partial charge in [0.1, 0.15) is 21.8 Å². The molecule has 0 saturated carbocycles. The molecule has 29 heavy (non-hydrogen) atoms. The Balaban J connectivity index is 2.21. The smallest absolute Gasteiger partial charge is 0.270 e. The highest BCUT2D eigenvalue weighted by Gasteiger charge is 2.34. The third-order valence-corrected chi connectivity index (χ3v) is 6.82. The van der Waals surface area contributed by atoms with E-state index in [9.17, 15) is 14.9 Å². The normalized spacial score (nSPS) is 19.2. The highest BCUT2D eigenvalue weighted by atomic mass is 32.2. The minimum Gasteiger partial charge on any atom is -0.357 e. The summed E-state index contributed by atoms with van der Waals surface area (Å²) >= 11 is 6.68. The van der Waals surface area contributed by atoms with E-state index in [1.807, 2.05) is 19.9 Å². The molecule has 6 nitrogen and oxygen atoms in total. The van der Waals surface area contributed by atoms with Crippen LogP contribution >= 0.6 is 24.0 Å². The molecule has 2 saturated heterocycles. The van der Waals surface area contributed by atoms with Crippen molar-refractivity contribution in [2.24, 2.45) is 7.05 Å². The summed E-state index contributed by atoms with van der Waals surface area (Å²) in [6.07, 6.45) is 6.27. The first-order valence-electron chi connectivity index (χ1n) is 9.93. The molecular formula is C21H26N4O2S2. The molecule has 2 aliphatic rings. The lowest BCUT2D eigenvalue weighted by atomic mass is 10.0. The number of thiocarbonyl (C=S) groups is 1. The molecule has 154 valence electrons. The molecule has 1 amide bonds. The zero-order chi connectivity index (χ0) is 21.3. The molecule has 3 heterocycles. The first-order valence-corrected chi connectivity index (χ1v) is 11.2. The number of carbonyl (C=O) groups is 1. The van der Waals surface area contributed by atoms with Crippen LogP contribution in [0.25, 0.3) is 6.08 Å². The second-order valence-corrected chi connectivity index (χ2v) is 9.44. The largest absolute Gasteiger partial charge is 0.357 e. The van der Waals surface area contributed by atoms with E-state index in [0.29, 0.717) is 14.8 Å². The Morgan fingerprint density at radius 3 is 2.31 bits per heavy atom. The molecule has 0 aliphatic carbocycles. The van der Waals surface area contributed by atoms with Crippen molar-refractivity contribution in [3.8, 4) is 6.07 Å². The number of pyridine rings is 1. The maximum atomic E-state index is 12.9. The number of anilines is 1. The molecule has 0 unspecified atom stereocenters. The fourth-order valence-corrected chi connectivity index (χ4v) is 5.44. The number of nitrogens with zero attached hydrogens (tertiary/aromatic N) is 4. The molecule has 0 aromatic carbocycles. The molecule has 8 heteroatoms. The SMILES string of the molecule is Cc1c(/C=C2\SC(=S)N(C(C)C)C2=O)c(N2CCCCCC2)n(C)c(=O)c1C#N. The van der Waals surface area contributed by atoms with Crippen LogP contribution in [0.3, 0.4) is 0 Å². The number of hydrogen-bond donors (Lipinski definition) is 0. The molecule has 2 fully saturated rings. The Hall–Kier alpha value is -2.11. The number of hydrogen-bond acceptors (Lipinski definition) is 6. The first-order chi connectivity index (χ1) is 13.8. The van der Waals surface area contributed by atoms with Gasteiger partial charge in [-0.2, -0.15) is 5.26 Å². The average molecular weight is 431 g/mol. The van der Waals surface area contributed by atoms with Crippen molar-refractivity contribution in [2.75, 3.05) is 18.0 Å². The Kier molecular flexibility index (Phi) is 6.49. The predicted octanol–water partition coefficient (Wildman–Crippen LogP) is 3.56. The average Bonchev–Trinajstić information content (AvgIpc) is 2.84. The van der Waals surface area contributed by atoms with Gasteiger partial charge < -0.3 is 4.90 Å². The topological polar surface area (TPSA) is 69.3 Å². The fraction of sp³-hybridized carbons (Fsp3) is 0.524. The van der Waals surface area contributed by atoms with Crippen LogP contribution in [0.2, 0.25) is 0 Å². The van der Waals surface area contributed by atoms with Crippen molar-refractivity contribution in [2.45, 2.75) is 52.5 Å². The number of nitriles is 1. The van der Waals surface area contributed by atoms with Crippen LogP contribution in [-0.2, 0) is 11.8 Å². The van der Waals surface area contributed by atoms with Crippen molar-refractivity contribution in [3.05, 3.63) is 31.9 Å². The molecule has 0 spiro atoms. The third-order valence-electron chi connectivity index (χ3n) is 5.49. The maximum absolute atomic E-state index is 12.9. The molecule has 1 aromatic rings. The van der Waals surface area contributed by atoms with Gasteiger partial charge in [-0.3, -0.25) is 19.1 Å². The summed E-state index contributed by atoms with van der Waals surface area (Å²) in [5.41, 5.74) is 1.20. The number of rotatable bonds is 3. The van der Waals surface area contributed by atoms with Gasteiger partial charge in [0.2, 0.25) is 0 Å². The summed E-state index contributed by atoms with van der Waals surface area (Å²) in [6, 6.07) is 2.03. The minimum absolute atomic E-state index is 0.0191.